The van der Waals surface area contributed by atoms with E-state index in [1.165, 1.54) is 19.1 Å². The van der Waals surface area contributed by atoms with E-state index in [4.69, 9.17) is 10.4 Å². The number of nitrogens with one attached hydrogen (secondary N) is 1. The molecule has 1 aromatic rings. The zero-order valence-corrected chi connectivity index (χ0v) is 10.2. The Morgan fingerprint density at radius 1 is 1.28 bits per heavy atom. The number of carboxylic acids is 1. The van der Waals surface area contributed by atoms with Crippen LogP contribution in [0.5, 0.6) is 0 Å². The van der Waals surface area contributed by atoms with Gasteiger partial charge in [0.15, 0.2) is 0 Å². The zero-order chi connectivity index (χ0) is 13.7. The van der Waals surface area contributed by atoms with Gasteiger partial charge in [-0.1, -0.05) is 0 Å². The fourth-order valence-corrected chi connectivity index (χ4v) is 1.33. The lowest BCUT2D eigenvalue weighted by molar-refractivity contribution is -0.141. The monoisotopic (exact) mass is 246 g/mol. The number of benzene rings is 1. The molecule has 0 bridgehead atoms. The Labute approximate surface area is 105 Å². The maximum Gasteiger partial charge on any atom is 0.308 e. The summed E-state index contributed by atoms with van der Waals surface area (Å²) in [6.45, 7) is 3.17. The number of nitriles is 1. The first kappa shape index (κ1) is 13.7. The van der Waals surface area contributed by atoms with Crippen LogP contribution in [0.1, 0.15) is 29.8 Å². The van der Waals surface area contributed by atoms with E-state index in [0.29, 0.717) is 11.1 Å². The number of hydrogen-bond acceptors (Lipinski definition) is 3. The highest BCUT2D eigenvalue weighted by Crippen LogP contribution is 2.06. The van der Waals surface area contributed by atoms with Crippen molar-refractivity contribution in [3.05, 3.63) is 35.4 Å². The lowest BCUT2D eigenvalue weighted by Gasteiger charge is -2.17. The highest BCUT2D eigenvalue weighted by Gasteiger charge is 2.21. The average molecular weight is 246 g/mol. The molecule has 94 valence electrons. The van der Waals surface area contributed by atoms with Gasteiger partial charge in [0.25, 0.3) is 5.91 Å². The second-order valence-corrected chi connectivity index (χ2v) is 4.08. The molecule has 0 heterocycles. The van der Waals surface area contributed by atoms with Crippen molar-refractivity contribution in [2.24, 2.45) is 5.92 Å². The average Bonchev–Trinajstić information content (AvgIpc) is 2.37. The Morgan fingerprint density at radius 3 is 2.28 bits per heavy atom. The van der Waals surface area contributed by atoms with Crippen LogP contribution in [0.3, 0.4) is 0 Å². The molecule has 1 aromatic carbocycles. The summed E-state index contributed by atoms with van der Waals surface area (Å²) in [4.78, 5) is 22.5. The van der Waals surface area contributed by atoms with Gasteiger partial charge < -0.3 is 10.4 Å². The molecule has 5 nitrogen and oxygen atoms in total. The second kappa shape index (κ2) is 5.82. The van der Waals surface area contributed by atoms with Crippen molar-refractivity contribution in [1.82, 2.24) is 5.32 Å². The van der Waals surface area contributed by atoms with E-state index in [-0.39, 0.29) is 5.91 Å². The van der Waals surface area contributed by atoms with Crippen LogP contribution in [0, 0.1) is 17.2 Å². The summed E-state index contributed by atoms with van der Waals surface area (Å²) in [5.74, 6) is -1.96. The predicted molar refractivity (Wildman–Crippen MR) is 64.9 cm³/mol. The van der Waals surface area contributed by atoms with E-state index in [1.54, 1.807) is 19.1 Å². The van der Waals surface area contributed by atoms with Crippen molar-refractivity contribution in [3.63, 3.8) is 0 Å². The van der Waals surface area contributed by atoms with E-state index >= 15 is 0 Å². The summed E-state index contributed by atoms with van der Waals surface area (Å²) in [6, 6.07) is 7.64. The standard InChI is InChI=1S/C13H14N2O3/c1-8(13(17)18)9(2)15-12(16)11-5-3-10(7-14)4-6-11/h3-6,8-9H,1-2H3,(H,15,16)(H,17,18). The van der Waals surface area contributed by atoms with Gasteiger partial charge in [0.2, 0.25) is 0 Å². The Kier molecular flexibility index (Phi) is 4.44. The number of nitrogens with zero attached hydrogens (tertiary/aromatic N) is 1. The first-order valence-corrected chi connectivity index (χ1v) is 5.49. The third-order valence-electron chi connectivity index (χ3n) is 2.77. The molecule has 1 amide bonds. The lowest BCUT2D eigenvalue weighted by atomic mass is 10.0. The van der Waals surface area contributed by atoms with Crippen LogP contribution < -0.4 is 5.32 Å². The fraction of sp³-hybridized carbons (Fsp3) is 0.308. The molecule has 1 rings (SSSR count). The van der Waals surface area contributed by atoms with Gasteiger partial charge in [-0.15, -0.1) is 0 Å². The molecular weight excluding hydrogens is 232 g/mol. The van der Waals surface area contributed by atoms with Gasteiger partial charge in [0.05, 0.1) is 17.6 Å². The fourth-order valence-electron chi connectivity index (χ4n) is 1.33. The molecule has 0 aliphatic heterocycles. The predicted octanol–water partition coefficient (Wildman–Crippen LogP) is 1.40. The second-order valence-electron chi connectivity index (χ2n) is 4.08. The topological polar surface area (TPSA) is 90.2 Å². The summed E-state index contributed by atoms with van der Waals surface area (Å²) in [5, 5.41) is 20.1. The van der Waals surface area contributed by atoms with E-state index in [9.17, 15) is 9.59 Å². The van der Waals surface area contributed by atoms with Gasteiger partial charge in [0.1, 0.15) is 0 Å². The molecule has 0 saturated carbocycles. The van der Waals surface area contributed by atoms with Crippen LogP contribution in [0.4, 0.5) is 0 Å². The third-order valence-corrected chi connectivity index (χ3v) is 2.77. The summed E-state index contributed by atoms with van der Waals surface area (Å²) < 4.78 is 0. The van der Waals surface area contributed by atoms with E-state index in [1.807, 2.05) is 6.07 Å². The summed E-state index contributed by atoms with van der Waals surface area (Å²) in [5.41, 5.74) is 0.872. The Balaban J connectivity index is 2.71. The number of carbonyl (C=O) groups excluding carboxylic acids is 1. The maximum atomic E-state index is 11.8. The van der Waals surface area contributed by atoms with Crippen LogP contribution in [0.15, 0.2) is 24.3 Å². The van der Waals surface area contributed by atoms with Gasteiger partial charge in [-0.3, -0.25) is 9.59 Å². The number of carbonyl (C=O) groups is 2. The molecule has 0 aromatic heterocycles. The minimum atomic E-state index is -0.956. The normalized spacial score (nSPS) is 13.2. The summed E-state index contributed by atoms with van der Waals surface area (Å²) in [7, 11) is 0. The minimum absolute atomic E-state index is 0.347. The quantitative estimate of drug-likeness (QED) is 0.840. The lowest BCUT2D eigenvalue weighted by Crippen LogP contribution is -2.40. The number of aliphatic carboxylic acids is 1. The molecule has 0 spiro atoms. The van der Waals surface area contributed by atoms with Gasteiger partial charge in [-0.05, 0) is 38.1 Å². The largest absolute Gasteiger partial charge is 0.481 e. The highest BCUT2D eigenvalue weighted by molar-refractivity contribution is 5.94. The molecule has 0 saturated heterocycles. The van der Waals surface area contributed by atoms with Crippen molar-refractivity contribution >= 4 is 11.9 Å². The van der Waals surface area contributed by atoms with Crippen LogP contribution in [-0.2, 0) is 4.79 Å². The molecule has 2 atom stereocenters. The van der Waals surface area contributed by atoms with E-state index < -0.39 is 17.9 Å². The third kappa shape index (κ3) is 3.32. The molecule has 18 heavy (non-hydrogen) atoms. The zero-order valence-electron chi connectivity index (χ0n) is 10.2. The van der Waals surface area contributed by atoms with Crippen LogP contribution in [0.2, 0.25) is 0 Å². The van der Waals surface area contributed by atoms with Crippen molar-refractivity contribution in [2.45, 2.75) is 19.9 Å². The summed E-state index contributed by atoms with van der Waals surface area (Å²) >= 11 is 0. The Hall–Kier alpha value is -2.35. The molecule has 2 N–H and O–H groups in total. The number of carboxylic acid groups (broad SMARTS) is 1. The molecule has 0 fully saturated rings. The molecule has 0 aliphatic carbocycles. The van der Waals surface area contributed by atoms with Crippen LogP contribution in [0.25, 0.3) is 0 Å². The molecule has 2 unspecified atom stereocenters. The van der Waals surface area contributed by atoms with Gasteiger partial charge in [0, 0.05) is 11.6 Å². The molecular formula is C13H14N2O3. The first-order valence-electron chi connectivity index (χ1n) is 5.49. The smallest absolute Gasteiger partial charge is 0.308 e. The molecule has 5 heteroatoms. The van der Waals surface area contributed by atoms with Gasteiger partial charge in [-0.25, -0.2) is 0 Å². The number of rotatable bonds is 4. The minimum Gasteiger partial charge on any atom is -0.481 e. The van der Waals surface area contributed by atoms with Crippen LogP contribution in [-0.4, -0.2) is 23.0 Å². The van der Waals surface area contributed by atoms with Crippen molar-refractivity contribution in [3.8, 4) is 6.07 Å². The van der Waals surface area contributed by atoms with Gasteiger partial charge in [-0.2, -0.15) is 5.26 Å². The van der Waals surface area contributed by atoms with Crippen LogP contribution >= 0.6 is 0 Å². The Morgan fingerprint density at radius 2 is 1.83 bits per heavy atom. The maximum absolute atomic E-state index is 11.8. The Bertz CT molecular complexity index is 488. The van der Waals surface area contributed by atoms with Crippen molar-refractivity contribution in [1.29, 1.82) is 5.26 Å². The highest BCUT2D eigenvalue weighted by atomic mass is 16.4. The van der Waals surface area contributed by atoms with Crippen molar-refractivity contribution < 1.29 is 14.7 Å². The number of hydrogen-bond donors (Lipinski definition) is 2. The number of amides is 1. The molecule has 0 aliphatic rings. The molecule has 0 radical (unpaired) electrons. The SMILES string of the molecule is CC(NC(=O)c1ccc(C#N)cc1)C(C)C(=O)O. The van der Waals surface area contributed by atoms with E-state index in [2.05, 4.69) is 5.32 Å². The van der Waals surface area contributed by atoms with Gasteiger partial charge >= 0.3 is 5.97 Å². The summed E-state index contributed by atoms with van der Waals surface area (Å²) in [6.07, 6.45) is 0. The van der Waals surface area contributed by atoms with Crippen molar-refractivity contribution in [2.75, 3.05) is 0 Å². The van der Waals surface area contributed by atoms with E-state index in [0.717, 1.165) is 0 Å². The first-order chi connectivity index (χ1) is 8.45.